The van der Waals surface area contributed by atoms with E-state index in [0.29, 0.717) is 18.0 Å². The summed E-state index contributed by atoms with van der Waals surface area (Å²) in [6, 6.07) is 5.03. The predicted octanol–water partition coefficient (Wildman–Crippen LogP) is 2.99. The van der Waals surface area contributed by atoms with E-state index in [-0.39, 0.29) is 23.6 Å². The van der Waals surface area contributed by atoms with Crippen molar-refractivity contribution in [1.82, 2.24) is 10.6 Å². The summed E-state index contributed by atoms with van der Waals surface area (Å²) in [5.74, 6) is 0.528. The normalized spacial score (nSPS) is 26.2. The van der Waals surface area contributed by atoms with Gasteiger partial charge in [-0.2, -0.15) is 8.78 Å². The molecule has 2 N–H and O–H groups in total. The SMILES string of the molecule is Cc1ccc(OC(F)F)c(CNC(=O)[C@@]23CCCC[C@H]2CNC3)c1. The summed E-state index contributed by atoms with van der Waals surface area (Å²) in [4.78, 5) is 12.9. The molecule has 2 atom stereocenters. The third kappa shape index (κ3) is 3.38. The number of amides is 1. The van der Waals surface area contributed by atoms with Crippen LogP contribution in [-0.4, -0.2) is 25.6 Å². The lowest BCUT2D eigenvalue weighted by Crippen LogP contribution is -2.47. The number of hydrogen-bond donors (Lipinski definition) is 2. The van der Waals surface area contributed by atoms with E-state index >= 15 is 0 Å². The van der Waals surface area contributed by atoms with Crippen LogP contribution >= 0.6 is 0 Å². The summed E-state index contributed by atoms with van der Waals surface area (Å²) in [7, 11) is 0. The number of rotatable bonds is 5. The van der Waals surface area contributed by atoms with Gasteiger partial charge in [0, 0.05) is 18.7 Å². The summed E-state index contributed by atoms with van der Waals surface area (Å²) in [5.41, 5.74) is 1.18. The lowest BCUT2D eigenvalue weighted by Gasteiger charge is -2.37. The molecule has 1 saturated heterocycles. The fraction of sp³-hybridized carbons (Fsp3) is 0.611. The third-order valence-corrected chi connectivity index (χ3v) is 5.36. The Morgan fingerprint density at radius 3 is 3.08 bits per heavy atom. The van der Waals surface area contributed by atoms with Crippen molar-refractivity contribution >= 4 is 5.91 Å². The lowest BCUT2D eigenvalue weighted by molar-refractivity contribution is -0.134. The maximum atomic E-state index is 12.9. The first-order valence-electron chi connectivity index (χ1n) is 8.54. The second-order valence-corrected chi connectivity index (χ2v) is 6.90. The fourth-order valence-corrected chi connectivity index (χ4v) is 4.10. The molecular formula is C18H24F2N2O2. The minimum absolute atomic E-state index is 0.0294. The van der Waals surface area contributed by atoms with Crippen LogP contribution in [-0.2, 0) is 11.3 Å². The number of alkyl halides is 2. The van der Waals surface area contributed by atoms with Gasteiger partial charge in [-0.1, -0.05) is 30.5 Å². The second kappa shape index (κ2) is 7.05. The molecule has 1 aliphatic carbocycles. The van der Waals surface area contributed by atoms with Gasteiger partial charge >= 0.3 is 6.61 Å². The van der Waals surface area contributed by atoms with Gasteiger partial charge in [0.2, 0.25) is 5.91 Å². The molecule has 132 valence electrons. The van der Waals surface area contributed by atoms with Crippen LogP contribution in [0, 0.1) is 18.3 Å². The molecule has 1 amide bonds. The zero-order chi connectivity index (χ0) is 17.2. The number of ether oxygens (including phenoxy) is 1. The Morgan fingerprint density at radius 1 is 1.46 bits per heavy atom. The van der Waals surface area contributed by atoms with Crippen molar-refractivity contribution in [2.75, 3.05) is 13.1 Å². The molecule has 1 heterocycles. The Bertz CT molecular complexity index is 609. The molecule has 2 aliphatic rings. The maximum absolute atomic E-state index is 12.9. The highest BCUT2D eigenvalue weighted by Crippen LogP contribution is 2.44. The van der Waals surface area contributed by atoms with Gasteiger partial charge in [0.1, 0.15) is 5.75 Å². The Hall–Kier alpha value is -1.69. The van der Waals surface area contributed by atoms with Gasteiger partial charge in [-0.15, -0.1) is 0 Å². The second-order valence-electron chi connectivity index (χ2n) is 6.90. The monoisotopic (exact) mass is 338 g/mol. The summed E-state index contributed by atoms with van der Waals surface area (Å²) < 4.78 is 29.7. The molecule has 24 heavy (non-hydrogen) atoms. The maximum Gasteiger partial charge on any atom is 0.387 e. The summed E-state index contributed by atoms with van der Waals surface area (Å²) >= 11 is 0. The summed E-state index contributed by atoms with van der Waals surface area (Å²) in [6.45, 7) is 0.808. The van der Waals surface area contributed by atoms with Gasteiger partial charge < -0.3 is 15.4 Å². The topological polar surface area (TPSA) is 50.4 Å². The van der Waals surface area contributed by atoms with Crippen LogP contribution in [0.5, 0.6) is 5.75 Å². The first-order chi connectivity index (χ1) is 11.5. The highest BCUT2D eigenvalue weighted by Gasteiger charge is 2.49. The van der Waals surface area contributed by atoms with Crippen LogP contribution in [0.2, 0.25) is 0 Å². The van der Waals surface area contributed by atoms with Gasteiger partial charge in [0.15, 0.2) is 0 Å². The zero-order valence-electron chi connectivity index (χ0n) is 13.9. The fourth-order valence-electron chi connectivity index (χ4n) is 4.10. The number of aryl methyl sites for hydroxylation is 1. The van der Waals surface area contributed by atoms with Crippen molar-refractivity contribution in [1.29, 1.82) is 0 Å². The summed E-state index contributed by atoms with van der Waals surface area (Å²) in [6.07, 6.45) is 4.21. The smallest absolute Gasteiger partial charge is 0.387 e. The molecular weight excluding hydrogens is 314 g/mol. The number of nitrogens with one attached hydrogen (secondary N) is 2. The zero-order valence-corrected chi connectivity index (χ0v) is 13.9. The molecule has 0 aromatic heterocycles. The average Bonchev–Trinajstić information content (AvgIpc) is 2.99. The van der Waals surface area contributed by atoms with Crippen LogP contribution in [0.3, 0.4) is 0 Å². The molecule has 1 aliphatic heterocycles. The number of fused-ring (bicyclic) bond motifs is 1. The molecule has 4 nitrogen and oxygen atoms in total. The minimum atomic E-state index is -2.87. The molecule has 1 aromatic carbocycles. The van der Waals surface area contributed by atoms with E-state index in [1.807, 2.05) is 6.92 Å². The minimum Gasteiger partial charge on any atom is -0.434 e. The Morgan fingerprint density at radius 2 is 2.29 bits per heavy atom. The van der Waals surface area contributed by atoms with Crippen molar-refractivity contribution in [2.24, 2.45) is 11.3 Å². The van der Waals surface area contributed by atoms with Crippen molar-refractivity contribution in [3.05, 3.63) is 29.3 Å². The van der Waals surface area contributed by atoms with Gasteiger partial charge in [0.25, 0.3) is 0 Å². The molecule has 6 heteroatoms. The molecule has 1 saturated carbocycles. The van der Waals surface area contributed by atoms with E-state index in [1.54, 1.807) is 12.1 Å². The highest BCUT2D eigenvalue weighted by molar-refractivity contribution is 5.84. The molecule has 3 rings (SSSR count). The van der Waals surface area contributed by atoms with Crippen LogP contribution in [0.1, 0.15) is 36.8 Å². The van der Waals surface area contributed by atoms with E-state index in [2.05, 4.69) is 15.4 Å². The van der Waals surface area contributed by atoms with Crippen LogP contribution < -0.4 is 15.4 Å². The third-order valence-electron chi connectivity index (χ3n) is 5.36. The van der Waals surface area contributed by atoms with Gasteiger partial charge in [-0.3, -0.25) is 4.79 Å². The van der Waals surface area contributed by atoms with Gasteiger partial charge in [0.05, 0.1) is 5.41 Å². The first-order valence-corrected chi connectivity index (χ1v) is 8.54. The Labute approximate surface area is 141 Å². The quantitative estimate of drug-likeness (QED) is 0.868. The number of carbonyl (C=O) groups is 1. The van der Waals surface area contributed by atoms with Crippen molar-refractivity contribution in [2.45, 2.75) is 45.8 Å². The molecule has 1 aromatic rings. The van der Waals surface area contributed by atoms with Crippen molar-refractivity contribution < 1.29 is 18.3 Å². The molecule has 0 spiro atoms. The largest absolute Gasteiger partial charge is 0.434 e. The predicted molar refractivity (Wildman–Crippen MR) is 86.9 cm³/mol. The van der Waals surface area contributed by atoms with E-state index < -0.39 is 6.61 Å². The van der Waals surface area contributed by atoms with Crippen LogP contribution in [0.4, 0.5) is 8.78 Å². The number of halogens is 2. The average molecular weight is 338 g/mol. The molecule has 0 bridgehead atoms. The Kier molecular flexibility index (Phi) is 5.04. The van der Waals surface area contributed by atoms with E-state index in [9.17, 15) is 13.6 Å². The number of benzene rings is 1. The first kappa shape index (κ1) is 17.1. The number of carbonyl (C=O) groups excluding carboxylic acids is 1. The summed E-state index contributed by atoms with van der Waals surface area (Å²) in [5, 5.41) is 6.31. The van der Waals surface area contributed by atoms with E-state index in [1.165, 1.54) is 12.5 Å². The van der Waals surface area contributed by atoms with E-state index in [4.69, 9.17) is 0 Å². The molecule has 0 radical (unpaired) electrons. The standard InChI is InChI=1S/C18H24F2N2O2/c1-12-5-6-15(24-17(19)20)13(8-12)9-22-16(23)18-7-3-2-4-14(18)10-21-11-18/h5-6,8,14,17,21H,2-4,7,9-11H2,1H3,(H,22,23)/t14-,18+/m0/s1. The molecule has 2 fully saturated rings. The Balaban J connectivity index is 1.71. The van der Waals surface area contributed by atoms with Crippen LogP contribution in [0.25, 0.3) is 0 Å². The molecule has 0 unspecified atom stereocenters. The number of hydrogen-bond acceptors (Lipinski definition) is 3. The highest BCUT2D eigenvalue weighted by atomic mass is 19.3. The van der Waals surface area contributed by atoms with Crippen LogP contribution in [0.15, 0.2) is 18.2 Å². The van der Waals surface area contributed by atoms with E-state index in [0.717, 1.165) is 31.4 Å². The van der Waals surface area contributed by atoms with Crippen molar-refractivity contribution in [3.63, 3.8) is 0 Å². The van der Waals surface area contributed by atoms with Gasteiger partial charge in [-0.25, -0.2) is 0 Å². The lowest BCUT2D eigenvalue weighted by atomic mass is 9.67. The van der Waals surface area contributed by atoms with Gasteiger partial charge in [-0.05, 0) is 38.3 Å². The van der Waals surface area contributed by atoms with Crippen molar-refractivity contribution in [3.8, 4) is 5.75 Å².